The number of aryl methyl sites for hydroxylation is 2. The number of likely N-dealkylation sites (tertiary alicyclic amines) is 1. The highest BCUT2D eigenvalue weighted by molar-refractivity contribution is 5.93. The number of nitrogens with one attached hydrogen (secondary N) is 2. The van der Waals surface area contributed by atoms with Crippen molar-refractivity contribution in [3.8, 4) is 11.5 Å². The minimum Gasteiger partial charge on any atom is -0.493 e. The molecular formula is C30H42N4O4. The second-order valence-electron chi connectivity index (χ2n) is 10.8. The Hall–Kier alpha value is -3.10. The summed E-state index contributed by atoms with van der Waals surface area (Å²) in [4.78, 5) is 30.9. The summed E-state index contributed by atoms with van der Waals surface area (Å²) < 4.78 is 10.9. The van der Waals surface area contributed by atoms with E-state index in [1.54, 1.807) is 14.2 Å². The number of carbonyl (C=O) groups is 2. The summed E-state index contributed by atoms with van der Waals surface area (Å²) in [5.41, 5.74) is 4.61. The van der Waals surface area contributed by atoms with Crippen LogP contribution in [0.15, 0.2) is 36.4 Å². The van der Waals surface area contributed by atoms with Crippen molar-refractivity contribution in [2.45, 2.75) is 38.6 Å². The highest BCUT2D eigenvalue weighted by Gasteiger charge is 2.35. The number of carbonyl (C=O) groups excluding carboxylic acids is 2. The number of hydrogen-bond donors (Lipinski definition) is 2. The van der Waals surface area contributed by atoms with E-state index in [1.807, 2.05) is 38.4 Å². The molecule has 8 nitrogen and oxygen atoms in total. The smallest absolute Gasteiger partial charge is 0.228 e. The average molecular weight is 523 g/mol. The van der Waals surface area contributed by atoms with Gasteiger partial charge >= 0.3 is 0 Å². The summed E-state index contributed by atoms with van der Waals surface area (Å²) in [6, 6.07) is 12.1. The minimum absolute atomic E-state index is 0.0228. The second-order valence-corrected chi connectivity index (χ2v) is 10.8. The number of piperidine rings is 1. The van der Waals surface area contributed by atoms with E-state index in [1.165, 1.54) is 17.5 Å². The van der Waals surface area contributed by atoms with Crippen LogP contribution in [0.5, 0.6) is 11.5 Å². The number of rotatable bonds is 11. The van der Waals surface area contributed by atoms with Crippen LogP contribution in [0.3, 0.4) is 0 Å². The van der Waals surface area contributed by atoms with E-state index >= 15 is 0 Å². The standard InChI is InChI=1S/C30H42N4O4/c1-33(2)14-6-13-31-29(35)24-16-25(30(36)32-26-11-10-22-7-5-8-23(22)17-26)20-34(19-24)18-21-9-12-27(37-3)28(15-21)38-4/h9-12,15,17,24-25H,5-8,13-14,16,18-20H2,1-4H3,(H,31,35)(H,32,36)/t24-,25+/m0/s1. The molecule has 0 spiro atoms. The van der Waals surface area contributed by atoms with E-state index in [0.29, 0.717) is 44.1 Å². The Morgan fingerprint density at radius 1 is 0.947 bits per heavy atom. The molecule has 1 aliphatic heterocycles. The molecule has 0 bridgehead atoms. The molecule has 0 unspecified atom stereocenters. The van der Waals surface area contributed by atoms with Crippen LogP contribution < -0.4 is 20.1 Å². The van der Waals surface area contributed by atoms with Crippen molar-refractivity contribution in [3.05, 3.63) is 53.1 Å². The molecule has 1 fully saturated rings. The van der Waals surface area contributed by atoms with Gasteiger partial charge in [0.25, 0.3) is 0 Å². The molecule has 0 radical (unpaired) electrons. The number of nitrogens with zero attached hydrogens (tertiary/aromatic N) is 2. The first-order valence-electron chi connectivity index (χ1n) is 13.6. The first-order chi connectivity index (χ1) is 18.4. The van der Waals surface area contributed by atoms with Gasteiger partial charge in [0, 0.05) is 31.9 Å². The number of ether oxygens (including phenoxy) is 2. The van der Waals surface area contributed by atoms with Gasteiger partial charge < -0.3 is 25.0 Å². The molecule has 0 saturated carbocycles. The van der Waals surface area contributed by atoms with Gasteiger partial charge in [-0.3, -0.25) is 14.5 Å². The number of methoxy groups -OCH3 is 2. The number of fused-ring (bicyclic) bond motifs is 1. The maximum atomic E-state index is 13.4. The van der Waals surface area contributed by atoms with Crippen molar-refractivity contribution in [2.75, 3.05) is 59.8 Å². The van der Waals surface area contributed by atoms with Gasteiger partial charge in [0.1, 0.15) is 0 Å². The molecule has 2 atom stereocenters. The second kappa shape index (κ2) is 13.1. The van der Waals surface area contributed by atoms with Crippen LogP contribution in [0.2, 0.25) is 0 Å². The van der Waals surface area contributed by atoms with Crippen LogP contribution in [0.25, 0.3) is 0 Å². The molecule has 2 aliphatic rings. The Labute approximate surface area is 226 Å². The third-order valence-electron chi connectivity index (χ3n) is 7.57. The summed E-state index contributed by atoms with van der Waals surface area (Å²) in [7, 11) is 7.30. The van der Waals surface area contributed by atoms with Crippen molar-refractivity contribution < 1.29 is 19.1 Å². The van der Waals surface area contributed by atoms with E-state index in [0.717, 1.165) is 37.1 Å². The van der Waals surface area contributed by atoms with E-state index < -0.39 is 0 Å². The third kappa shape index (κ3) is 7.26. The molecule has 2 aromatic carbocycles. The molecule has 2 N–H and O–H groups in total. The lowest BCUT2D eigenvalue weighted by atomic mass is 9.87. The fraction of sp³-hybridized carbons (Fsp3) is 0.533. The van der Waals surface area contributed by atoms with Crippen LogP contribution in [-0.2, 0) is 29.0 Å². The van der Waals surface area contributed by atoms with Crippen molar-refractivity contribution in [2.24, 2.45) is 11.8 Å². The zero-order valence-electron chi connectivity index (χ0n) is 23.2. The highest BCUT2D eigenvalue weighted by Crippen LogP contribution is 2.31. The van der Waals surface area contributed by atoms with Gasteiger partial charge in [-0.25, -0.2) is 0 Å². The van der Waals surface area contributed by atoms with Crippen LogP contribution in [-0.4, -0.2) is 76.1 Å². The molecule has 38 heavy (non-hydrogen) atoms. The Kier molecular flexibility index (Phi) is 9.63. The van der Waals surface area contributed by atoms with E-state index in [2.05, 4.69) is 32.6 Å². The van der Waals surface area contributed by atoms with Crippen LogP contribution >= 0.6 is 0 Å². The van der Waals surface area contributed by atoms with Gasteiger partial charge in [-0.05, 0) is 93.7 Å². The van der Waals surface area contributed by atoms with Crippen LogP contribution in [0.1, 0.15) is 36.0 Å². The number of hydrogen-bond acceptors (Lipinski definition) is 6. The first kappa shape index (κ1) is 27.9. The normalized spacial score (nSPS) is 19.2. The maximum Gasteiger partial charge on any atom is 0.228 e. The lowest BCUT2D eigenvalue weighted by molar-refractivity contribution is -0.130. The lowest BCUT2D eigenvalue weighted by Gasteiger charge is -2.36. The van der Waals surface area contributed by atoms with Gasteiger partial charge in [0.15, 0.2) is 11.5 Å². The van der Waals surface area contributed by atoms with E-state index in [-0.39, 0.29) is 23.7 Å². The summed E-state index contributed by atoms with van der Waals surface area (Å²) in [6.07, 6.45) is 4.79. The summed E-state index contributed by atoms with van der Waals surface area (Å²) >= 11 is 0. The molecular weight excluding hydrogens is 480 g/mol. The van der Waals surface area contributed by atoms with E-state index in [4.69, 9.17) is 9.47 Å². The summed E-state index contributed by atoms with van der Waals surface area (Å²) in [6.45, 7) is 3.37. The Balaban J connectivity index is 1.46. The van der Waals surface area contributed by atoms with Gasteiger partial charge in [0.2, 0.25) is 11.8 Å². The van der Waals surface area contributed by atoms with Crippen molar-refractivity contribution in [1.82, 2.24) is 15.1 Å². The summed E-state index contributed by atoms with van der Waals surface area (Å²) in [5.74, 6) is 0.815. The summed E-state index contributed by atoms with van der Waals surface area (Å²) in [5, 5.41) is 6.25. The molecule has 1 heterocycles. The quantitative estimate of drug-likeness (QED) is 0.441. The molecule has 8 heteroatoms. The fourth-order valence-electron chi connectivity index (χ4n) is 5.58. The van der Waals surface area contributed by atoms with Crippen molar-refractivity contribution in [3.63, 3.8) is 0 Å². The SMILES string of the molecule is COc1ccc(CN2C[C@@H](C(=O)NCCCN(C)C)C[C@@H](C(=O)Nc3ccc4c(c3)CCC4)C2)cc1OC. The Morgan fingerprint density at radius 2 is 1.68 bits per heavy atom. The van der Waals surface area contributed by atoms with Crippen molar-refractivity contribution in [1.29, 1.82) is 0 Å². The first-order valence-corrected chi connectivity index (χ1v) is 13.6. The zero-order chi connectivity index (χ0) is 27.1. The van der Waals surface area contributed by atoms with Gasteiger partial charge in [-0.2, -0.15) is 0 Å². The van der Waals surface area contributed by atoms with Gasteiger partial charge in [-0.1, -0.05) is 12.1 Å². The molecule has 4 rings (SSSR count). The minimum atomic E-state index is -0.283. The fourth-order valence-corrected chi connectivity index (χ4v) is 5.58. The molecule has 1 aliphatic carbocycles. The van der Waals surface area contributed by atoms with Crippen LogP contribution in [0.4, 0.5) is 5.69 Å². The van der Waals surface area contributed by atoms with Gasteiger partial charge in [0.05, 0.1) is 26.1 Å². The largest absolute Gasteiger partial charge is 0.493 e. The lowest BCUT2D eigenvalue weighted by Crippen LogP contribution is -2.49. The maximum absolute atomic E-state index is 13.4. The zero-order valence-corrected chi connectivity index (χ0v) is 23.2. The molecule has 206 valence electrons. The predicted molar refractivity (Wildman–Crippen MR) is 150 cm³/mol. The Morgan fingerprint density at radius 3 is 2.42 bits per heavy atom. The van der Waals surface area contributed by atoms with Gasteiger partial charge in [-0.15, -0.1) is 0 Å². The molecule has 2 aromatic rings. The predicted octanol–water partition coefficient (Wildman–Crippen LogP) is 3.34. The third-order valence-corrected chi connectivity index (χ3v) is 7.57. The van der Waals surface area contributed by atoms with E-state index in [9.17, 15) is 9.59 Å². The van der Waals surface area contributed by atoms with Crippen molar-refractivity contribution >= 4 is 17.5 Å². The Bertz CT molecular complexity index is 1120. The van der Waals surface area contributed by atoms with Crippen LogP contribution in [0, 0.1) is 11.8 Å². The number of benzene rings is 2. The topological polar surface area (TPSA) is 83.1 Å². The highest BCUT2D eigenvalue weighted by atomic mass is 16.5. The molecule has 0 aromatic heterocycles. The number of amides is 2. The number of anilines is 1. The average Bonchev–Trinajstić information content (AvgIpc) is 3.38. The monoisotopic (exact) mass is 522 g/mol. The molecule has 1 saturated heterocycles. The molecule has 2 amide bonds.